The molecule has 2 aliphatic heterocycles. The lowest BCUT2D eigenvalue weighted by atomic mass is 9.98. The number of nitrogens with one attached hydrogen (secondary N) is 1. The molecular weight excluding hydrogens is 293 g/mol. The maximum atomic E-state index is 13.0. The van der Waals surface area contributed by atoms with Crippen LogP contribution in [0.25, 0.3) is 0 Å². The van der Waals surface area contributed by atoms with E-state index in [1.165, 1.54) is 6.07 Å². The number of piperazine rings is 1. The average molecular weight is 307 g/mol. The SMILES string of the molecule is C[C@H]1CN2C(=O)c3c(cccc3C(F)(F)F)[C@H]2CN1.Cl. The van der Waals surface area contributed by atoms with Gasteiger partial charge in [-0.05, 0) is 18.6 Å². The fraction of sp³-hybridized carbons (Fsp3) is 0.462. The summed E-state index contributed by atoms with van der Waals surface area (Å²) in [5.74, 6) is -0.499. The third kappa shape index (κ3) is 2.16. The summed E-state index contributed by atoms with van der Waals surface area (Å²) in [5, 5.41) is 3.20. The number of fused-ring (bicyclic) bond motifs is 3. The summed E-state index contributed by atoms with van der Waals surface area (Å²) in [6, 6.07) is 3.79. The molecule has 0 saturated carbocycles. The number of halogens is 4. The molecule has 1 saturated heterocycles. The summed E-state index contributed by atoms with van der Waals surface area (Å²) in [6.45, 7) is 2.86. The van der Waals surface area contributed by atoms with E-state index in [0.717, 1.165) is 6.07 Å². The van der Waals surface area contributed by atoms with Crippen LogP contribution in [0.1, 0.15) is 34.5 Å². The van der Waals surface area contributed by atoms with E-state index in [4.69, 9.17) is 0 Å². The normalized spacial score (nSPS) is 25.0. The number of carbonyl (C=O) groups excluding carboxylic acids is 1. The van der Waals surface area contributed by atoms with Gasteiger partial charge < -0.3 is 10.2 Å². The molecule has 2 aliphatic rings. The summed E-state index contributed by atoms with van der Waals surface area (Å²) in [4.78, 5) is 13.8. The first-order valence-corrected chi connectivity index (χ1v) is 6.14. The highest BCUT2D eigenvalue weighted by molar-refractivity contribution is 6.01. The zero-order valence-corrected chi connectivity index (χ0v) is 11.5. The highest BCUT2D eigenvalue weighted by atomic mass is 35.5. The Kier molecular flexibility index (Phi) is 3.73. The van der Waals surface area contributed by atoms with E-state index in [1.54, 1.807) is 11.0 Å². The second-order valence-corrected chi connectivity index (χ2v) is 5.05. The summed E-state index contributed by atoms with van der Waals surface area (Å²) in [5.41, 5.74) is -0.507. The summed E-state index contributed by atoms with van der Waals surface area (Å²) in [7, 11) is 0. The Bertz CT molecular complexity index is 547. The predicted octanol–water partition coefficient (Wildman–Crippen LogP) is 2.62. The minimum atomic E-state index is -4.49. The topological polar surface area (TPSA) is 32.3 Å². The maximum Gasteiger partial charge on any atom is 0.417 e. The van der Waals surface area contributed by atoms with Crippen LogP contribution in [0.3, 0.4) is 0 Å². The minimum absolute atomic E-state index is 0. The highest BCUT2D eigenvalue weighted by Crippen LogP contribution is 2.42. The number of nitrogens with zero attached hydrogens (tertiary/aromatic N) is 1. The van der Waals surface area contributed by atoms with Crippen LogP contribution in [0.2, 0.25) is 0 Å². The molecule has 3 rings (SSSR count). The van der Waals surface area contributed by atoms with Gasteiger partial charge in [-0.15, -0.1) is 12.4 Å². The largest absolute Gasteiger partial charge is 0.417 e. The fourth-order valence-electron chi connectivity index (χ4n) is 2.88. The van der Waals surface area contributed by atoms with E-state index in [0.29, 0.717) is 18.7 Å². The summed E-state index contributed by atoms with van der Waals surface area (Å²) in [6.07, 6.45) is -4.49. The van der Waals surface area contributed by atoms with Gasteiger partial charge in [0, 0.05) is 19.1 Å². The van der Waals surface area contributed by atoms with Crippen molar-refractivity contribution in [1.29, 1.82) is 0 Å². The summed E-state index contributed by atoms with van der Waals surface area (Å²) >= 11 is 0. The fourth-order valence-corrected chi connectivity index (χ4v) is 2.88. The van der Waals surface area contributed by atoms with E-state index in [9.17, 15) is 18.0 Å². The molecule has 0 radical (unpaired) electrons. The van der Waals surface area contributed by atoms with E-state index >= 15 is 0 Å². The van der Waals surface area contributed by atoms with E-state index < -0.39 is 17.6 Å². The Morgan fingerprint density at radius 3 is 2.70 bits per heavy atom. The van der Waals surface area contributed by atoms with Crippen LogP contribution in [-0.2, 0) is 6.18 Å². The number of hydrogen-bond donors (Lipinski definition) is 1. The van der Waals surface area contributed by atoms with Crippen LogP contribution >= 0.6 is 12.4 Å². The van der Waals surface area contributed by atoms with Gasteiger partial charge in [0.25, 0.3) is 5.91 Å². The minimum Gasteiger partial charge on any atom is -0.329 e. The van der Waals surface area contributed by atoms with Gasteiger partial charge in [-0.1, -0.05) is 12.1 Å². The van der Waals surface area contributed by atoms with Crippen molar-refractivity contribution in [1.82, 2.24) is 10.2 Å². The van der Waals surface area contributed by atoms with Crippen molar-refractivity contribution < 1.29 is 18.0 Å². The number of amides is 1. The molecule has 2 heterocycles. The number of benzene rings is 1. The molecule has 0 unspecified atom stereocenters. The van der Waals surface area contributed by atoms with Crippen LogP contribution in [0.15, 0.2) is 18.2 Å². The van der Waals surface area contributed by atoms with E-state index in [1.807, 2.05) is 6.92 Å². The lowest BCUT2D eigenvalue weighted by molar-refractivity contribution is -0.137. The predicted molar refractivity (Wildman–Crippen MR) is 69.9 cm³/mol. The van der Waals surface area contributed by atoms with Gasteiger partial charge in [0.2, 0.25) is 0 Å². The molecule has 0 aromatic heterocycles. The maximum absolute atomic E-state index is 13.0. The lowest BCUT2D eigenvalue weighted by Gasteiger charge is -2.34. The van der Waals surface area contributed by atoms with Crippen molar-refractivity contribution in [3.8, 4) is 0 Å². The van der Waals surface area contributed by atoms with Gasteiger partial charge in [0.1, 0.15) is 0 Å². The molecule has 0 spiro atoms. The average Bonchev–Trinajstić information content (AvgIpc) is 2.62. The molecule has 1 aromatic carbocycles. The first kappa shape index (κ1) is 15.1. The number of hydrogen-bond acceptors (Lipinski definition) is 2. The van der Waals surface area contributed by atoms with Crippen molar-refractivity contribution >= 4 is 18.3 Å². The van der Waals surface area contributed by atoms with Crippen LogP contribution in [0, 0.1) is 0 Å². The third-order valence-corrected chi connectivity index (χ3v) is 3.74. The molecule has 1 amide bonds. The van der Waals surface area contributed by atoms with Crippen LogP contribution in [-0.4, -0.2) is 29.9 Å². The monoisotopic (exact) mass is 306 g/mol. The molecule has 2 atom stereocenters. The second kappa shape index (κ2) is 4.93. The lowest BCUT2D eigenvalue weighted by Crippen LogP contribution is -2.50. The summed E-state index contributed by atoms with van der Waals surface area (Å²) < 4.78 is 39.0. The van der Waals surface area contributed by atoms with Gasteiger partial charge in [0.15, 0.2) is 0 Å². The molecule has 110 valence electrons. The van der Waals surface area contributed by atoms with E-state index in [2.05, 4.69) is 5.32 Å². The quantitative estimate of drug-likeness (QED) is 0.799. The van der Waals surface area contributed by atoms with Gasteiger partial charge in [-0.2, -0.15) is 13.2 Å². The number of rotatable bonds is 0. The molecule has 1 fully saturated rings. The standard InChI is InChI=1S/C13H13F3N2O.ClH/c1-7-6-18-10(5-17-7)8-3-2-4-9(13(14,15)16)11(8)12(18)19;/h2-4,7,10,17H,5-6H2,1H3;1H/t7-,10+;/m0./s1. The smallest absolute Gasteiger partial charge is 0.329 e. The number of alkyl halides is 3. The zero-order chi connectivity index (χ0) is 13.8. The van der Waals surface area contributed by atoms with Gasteiger partial charge in [-0.3, -0.25) is 4.79 Å². The third-order valence-electron chi connectivity index (χ3n) is 3.74. The van der Waals surface area contributed by atoms with E-state index in [-0.39, 0.29) is 30.1 Å². The molecule has 3 nitrogen and oxygen atoms in total. The zero-order valence-electron chi connectivity index (χ0n) is 10.7. The van der Waals surface area contributed by atoms with Crippen molar-refractivity contribution in [3.05, 3.63) is 34.9 Å². The van der Waals surface area contributed by atoms with Gasteiger partial charge in [-0.25, -0.2) is 0 Å². The number of carbonyl (C=O) groups is 1. The molecule has 7 heteroatoms. The molecule has 1 N–H and O–H groups in total. The Morgan fingerprint density at radius 2 is 2.05 bits per heavy atom. The first-order valence-electron chi connectivity index (χ1n) is 6.14. The highest BCUT2D eigenvalue weighted by Gasteiger charge is 2.45. The first-order chi connectivity index (χ1) is 8.89. The van der Waals surface area contributed by atoms with Crippen molar-refractivity contribution in [2.75, 3.05) is 13.1 Å². The molecule has 0 bridgehead atoms. The van der Waals surface area contributed by atoms with Crippen molar-refractivity contribution in [2.24, 2.45) is 0 Å². The van der Waals surface area contributed by atoms with Gasteiger partial charge in [0.05, 0.1) is 17.2 Å². The molecule has 0 aliphatic carbocycles. The Morgan fingerprint density at radius 1 is 1.35 bits per heavy atom. The van der Waals surface area contributed by atoms with Crippen LogP contribution < -0.4 is 5.32 Å². The van der Waals surface area contributed by atoms with Crippen LogP contribution in [0.5, 0.6) is 0 Å². The Hall–Kier alpha value is -1.27. The Balaban J connectivity index is 0.00000147. The van der Waals surface area contributed by atoms with Gasteiger partial charge >= 0.3 is 6.18 Å². The van der Waals surface area contributed by atoms with Crippen molar-refractivity contribution in [2.45, 2.75) is 25.2 Å². The van der Waals surface area contributed by atoms with Crippen molar-refractivity contribution in [3.63, 3.8) is 0 Å². The molecule has 1 aromatic rings. The second-order valence-electron chi connectivity index (χ2n) is 5.05. The van der Waals surface area contributed by atoms with Crippen LogP contribution in [0.4, 0.5) is 13.2 Å². The molecular formula is C13H14ClF3N2O. The molecule has 20 heavy (non-hydrogen) atoms. The Labute approximate surface area is 120 Å².